The van der Waals surface area contributed by atoms with Crippen molar-refractivity contribution in [1.82, 2.24) is 10.3 Å². The van der Waals surface area contributed by atoms with Gasteiger partial charge in [-0.1, -0.05) is 36.4 Å². The molecule has 0 spiro atoms. The Kier molecular flexibility index (Phi) is 7.65. The van der Waals surface area contributed by atoms with E-state index in [4.69, 9.17) is 4.74 Å². The molecule has 0 bridgehead atoms. The van der Waals surface area contributed by atoms with Crippen molar-refractivity contribution in [2.75, 3.05) is 11.9 Å². The molecule has 0 aliphatic heterocycles. The average Bonchev–Trinajstić information content (AvgIpc) is 3.18. The van der Waals surface area contributed by atoms with Crippen molar-refractivity contribution in [1.29, 1.82) is 0 Å². The quantitative estimate of drug-likeness (QED) is 0.445. The van der Waals surface area contributed by atoms with Crippen molar-refractivity contribution in [3.8, 4) is 0 Å². The van der Waals surface area contributed by atoms with Gasteiger partial charge in [-0.15, -0.1) is 0 Å². The van der Waals surface area contributed by atoms with Crippen molar-refractivity contribution in [2.24, 2.45) is 0 Å². The number of carbonyl (C=O) groups is 3. The molecule has 1 atom stereocenters. The summed E-state index contributed by atoms with van der Waals surface area (Å²) in [6.45, 7) is 5.11. The zero-order chi connectivity index (χ0) is 23.1. The molecule has 3 rings (SSSR count). The summed E-state index contributed by atoms with van der Waals surface area (Å²) in [4.78, 5) is 39.7. The first-order chi connectivity index (χ1) is 15.3. The van der Waals surface area contributed by atoms with Gasteiger partial charge in [0.15, 0.2) is 6.10 Å². The lowest BCUT2D eigenvalue weighted by Gasteiger charge is -2.15. The third-order valence-electron chi connectivity index (χ3n) is 5.35. The van der Waals surface area contributed by atoms with Crippen LogP contribution in [-0.4, -0.2) is 35.4 Å². The van der Waals surface area contributed by atoms with Crippen LogP contribution in [0.2, 0.25) is 0 Å². The number of aromatic nitrogens is 1. The molecule has 0 saturated carbocycles. The van der Waals surface area contributed by atoms with Crippen LogP contribution in [0.5, 0.6) is 0 Å². The van der Waals surface area contributed by atoms with Gasteiger partial charge in [-0.25, -0.2) is 0 Å². The Morgan fingerprint density at radius 3 is 2.50 bits per heavy atom. The van der Waals surface area contributed by atoms with Crippen LogP contribution in [-0.2, 0) is 25.5 Å². The van der Waals surface area contributed by atoms with Gasteiger partial charge in [0, 0.05) is 29.2 Å². The molecule has 7 nitrogen and oxygen atoms in total. The van der Waals surface area contributed by atoms with E-state index in [-0.39, 0.29) is 18.9 Å². The van der Waals surface area contributed by atoms with Gasteiger partial charge in [0.05, 0.1) is 6.54 Å². The fraction of sp³-hybridized carbons (Fsp3) is 0.320. The number of hydrogen-bond acceptors (Lipinski definition) is 4. The number of benzene rings is 2. The van der Waals surface area contributed by atoms with Crippen LogP contribution >= 0.6 is 0 Å². The van der Waals surface area contributed by atoms with E-state index in [2.05, 4.69) is 15.6 Å². The van der Waals surface area contributed by atoms with Crippen molar-refractivity contribution < 1.29 is 19.1 Å². The lowest BCUT2D eigenvalue weighted by molar-refractivity contribution is -0.154. The molecule has 3 aromatic rings. The van der Waals surface area contributed by atoms with Gasteiger partial charge in [-0.2, -0.15) is 0 Å². The fourth-order valence-electron chi connectivity index (χ4n) is 3.58. The van der Waals surface area contributed by atoms with Crippen molar-refractivity contribution in [3.05, 3.63) is 65.4 Å². The molecule has 1 aromatic heterocycles. The van der Waals surface area contributed by atoms with E-state index in [1.165, 1.54) is 6.92 Å². The van der Waals surface area contributed by atoms with E-state index in [0.29, 0.717) is 6.42 Å². The van der Waals surface area contributed by atoms with Gasteiger partial charge in [0.1, 0.15) is 0 Å². The molecule has 168 valence electrons. The van der Waals surface area contributed by atoms with Gasteiger partial charge in [0.25, 0.3) is 5.91 Å². The minimum atomic E-state index is -0.969. The predicted octanol–water partition coefficient (Wildman–Crippen LogP) is 3.79. The summed E-state index contributed by atoms with van der Waals surface area (Å²) in [5.41, 5.74) is 4.84. The number of anilines is 1. The fourth-order valence-corrected chi connectivity index (χ4v) is 3.58. The summed E-state index contributed by atoms with van der Waals surface area (Å²) in [6.07, 6.45) is 2.55. The van der Waals surface area contributed by atoms with Crippen molar-refractivity contribution >= 4 is 34.4 Å². The number of fused-ring (bicyclic) bond motifs is 1. The molecule has 0 aliphatic carbocycles. The standard InChI is InChI=1S/C25H29N3O4/c1-16-8-6-9-17(2)24(16)28-22(29)15-27-25(31)18(3)32-23(30)13-7-10-19-14-26-21-12-5-4-11-20(19)21/h4-6,8-9,11-12,14,18,26H,7,10,13,15H2,1-3H3,(H,27,31)(H,28,29)/t18-/m1/s1. The summed E-state index contributed by atoms with van der Waals surface area (Å²) in [5, 5.41) is 6.46. The van der Waals surface area contributed by atoms with Crippen LogP contribution in [0.4, 0.5) is 5.69 Å². The Labute approximate surface area is 187 Å². The third kappa shape index (κ3) is 5.97. The van der Waals surface area contributed by atoms with Gasteiger partial charge in [-0.3, -0.25) is 14.4 Å². The zero-order valence-corrected chi connectivity index (χ0v) is 18.7. The van der Waals surface area contributed by atoms with Crippen LogP contribution in [0.15, 0.2) is 48.7 Å². The van der Waals surface area contributed by atoms with E-state index in [1.54, 1.807) is 0 Å². The maximum absolute atomic E-state index is 12.2. The molecule has 1 heterocycles. The van der Waals surface area contributed by atoms with Crippen LogP contribution < -0.4 is 10.6 Å². The maximum atomic E-state index is 12.2. The molecular weight excluding hydrogens is 406 g/mol. The molecule has 7 heteroatoms. The molecule has 3 N–H and O–H groups in total. The molecule has 2 amide bonds. The van der Waals surface area contributed by atoms with Crippen molar-refractivity contribution in [3.63, 3.8) is 0 Å². The second kappa shape index (κ2) is 10.6. The highest BCUT2D eigenvalue weighted by Crippen LogP contribution is 2.20. The van der Waals surface area contributed by atoms with E-state index in [1.807, 2.05) is 62.5 Å². The van der Waals surface area contributed by atoms with Crippen LogP contribution in [0.3, 0.4) is 0 Å². The highest BCUT2D eigenvalue weighted by atomic mass is 16.5. The Morgan fingerprint density at radius 1 is 1.03 bits per heavy atom. The summed E-state index contributed by atoms with van der Waals surface area (Å²) < 4.78 is 5.22. The minimum absolute atomic E-state index is 0.199. The van der Waals surface area contributed by atoms with Gasteiger partial charge in [0.2, 0.25) is 5.91 Å². The van der Waals surface area contributed by atoms with Crippen molar-refractivity contribution in [2.45, 2.75) is 46.1 Å². The van der Waals surface area contributed by atoms with E-state index in [0.717, 1.165) is 39.7 Å². The third-order valence-corrected chi connectivity index (χ3v) is 5.35. The second-order valence-corrected chi connectivity index (χ2v) is 7.88. The number of rotatable bonds is 9. The van der Waals surface area contributed by atoms with Crippen LogP contribution in [0.1, 0.15) is 36.5 Å². The topological polar surface area (TPSA) is 100 Å². The van der Waals surface area contributed by atoms with Crippen LogP contribution in [0, 0.1) is 13.8 Å². The Bertz CT molecular complexity index is 1100. The average molecular weight is 436 g/mol. The second-order valence-electron chi connectivity index (χ2n) is 7.88. The number of H-pyrrole nitrogens is 1. The number of nitrogens with one attached hydrogen (secondary N) is 3. The number of esters is 1. The first kappa shape index (κ1) is 23.1. The maximum Gasteiger partial charge on any atom is 0.306 e. The monoisotopic (exact) mass is 435 g/mol. The lowest BCUT2D eigenvalue weighted by Crippen LogP contribution is -2.40. The Balaban J connectivity index is 1.39. The molecule has 0 fully saturated rings. The van der Waals surface area contributed by atoms with Crippen LogP contribution in [0.25, 0.3) is 10.9 Å². The van der Waals surface area contributed by atoms with Gasteiger partial charge in [-0.05, 0) is 56.4 Å². The number of hydrogen-bond donors (Lipinski definition) is 3. The normalized spacial score (nSPS) is 11.7. The summed E-state index contributed by atoms with van der Waals surface area (Å²) in [5.74, 6) is -1.29. The summed E-state index contributed by atoms with van der Waals surface area (Å²) in [6, 6.07) is 13.7. The first-order valence-electron chi connectivity index (χ1n) is 10.7. The highest BCUT2D eigenvalue weighted by molar-refractivity contribution is 5.96. The number of amides is 2. The number of carbonyl (C=O) groups excluding carboxylic acids is 3. The van der Waals surface area contributed by atoms with Gasteiger partial charge < -0.3 is 20.4 Å². The summed E-state index contributed by atoms with van der Waals surface area (Å²) in [7, 11) is 0. The number of aryl methyl sites for hydroxylation is 3. The molecule has 0 aliphatic rings. The largest absolute Gasteiger partial charge is 0.453 e. The Morgan fingerprint density at radius 2 is 1.75 bits per heavy atom. The number of ether oxygens (including phenoxy) is 1. The molecule has 2 aromatic carbocycles. The lowest BCUT2D eigenvalue weighted by atomic mass is 10.1. The number of para-hydroxylation sites is 2. The Hall–Kier alpha value is -3.61. The molecule has 0 unspecified atom stereocenters. The molecule has 32 heavy (non-hydrogen) atoms. The van der Waals surface area contributed by atoms with Gasteiger partial charge >= 0.3 is 5.97 Å². The molecule has 0 radical (unpaired) electrons. The number of aromatic amines is 1. The predicted molar refractivity (Wildman–Crippen MR) is 124 cm³/mol. The SMILES string of the molecule is Cc1cccc(C)c1NC(=O)CNC(=O)[C@@H](C)OC(=O)CCCc1c[nH]c2ccccc12. The highest BCUT2D eigenvalue weighted by Gasteiger charge is 2.18. The smallest absolute Gasteiger partial charge is 0.306 e. The molecular formula is C25H29N3O4. The minimum Gasteiger partial charge on any atom is -0.453 e. The zero-order valence-electron chi connectivity index (χ0n) is 18.7. The van der Waals surface area contributed by atoms with E-state index in [9.17, 15) is 14.4 Å². The van der Waals surface area contributed by atoms with E-state index >= 15 is 0 Å². The first-order valence-corrected chi connectivity index (χ1v) is 10.7. The summed E-state index contributed by atoms with van der Waals surface area (Å²) >= 11 is 0. The molecule has 0 saturated heterocycles. The van der Waals surface area contributed by atoms with E-state index < -0.39 is 18.0 Å².